The molecular formula is C21H20ClN3O2. The summed E-state index contributed by atoms with van der Waals surface area (Å²) in [5.41, 5.74) is 3.50. The fraction of sp³-hybridized carbons (Fsp3) is 0.143. The number of methoxy groups -OCH3 is 1. The third-order valence-electron chi connectivity index (χ3n) is 3.98. The molecule has 0 spiro atoms. The lowest BCUT2D eigenvalue weighted by atomic mass is 10.1. The highest BCUT2D eigenvalue weighted by Crippen LogP contribution is 2.28. The van der Waals surface area contributed by atoms with E-state index in [9.17, 15) is 4.79 Å². The number of amides is 1. The average Bonchev–Trinajstić information content (AvgIpc) is 2.66. The predicted octanol–water partition coefficient (Wildman–Crippen LogP) is 4.73. The summed E-state index contributed by atoms with van der Waals surface area (Å²) in [6, 6.07) is 16.8. The number of carbonyl (C=O) groups excluding carboxylic acids is 1. The number of aromatic nitrogens is 1. The van der Waals surface area contributed by atoms with Gasteiger partial charge in [-0.05, 0) is 42.8 Å². The maximum absolute atomic E-state index is 12.4. The highest BCUT2D eigenvalue weighted by Gasteiger charge is 2.08. The largest absolute Gasteiger partial charge is 0.495 e. The van der Waals surface area contributed by atoms with Gasteiger partial charge in [-0.15, -0.1) is 0 Å². The van der Waals surface area contributed by atoms with Crippen molar-refractivity contribution >= 4 is 29.0 Å². The first-order valence-corrected chi connectivity index (χ1v) is 8.83. The van der Waals surface area contributed by atoms with Gasteiger partial charge in [0.15, 0.2) is 0 Å². The van der Waals surface area contributed by atoms with E-state index in [1.165, 1.54) is 0 Å². The van der Waals surface area contributed by atoms with Crippen molar-refractivity contribution in [1.82, 2.24) is 10.3 Å². The number of nitrogens with one attached hydrogen (secondary N) is 2. The molecule has 0 unspecified atom stereocenters. The molecule has 0 aliphatic rings. The van der Waals surface area contributed by atoms with Gasteiger partial charge in [0.05, 0.1) is 12.1 Å². The lowest BCUT2D eigenvalue weighted by Gasteiger charge is -2.10. The second-order valence-corrected chi connectivity index (χ2v) is 6.48. The minimum atomic E-state index is -0.158. The molecule has 27 heavy (non-hydrogen) atoms. The minimum Gasteiger partial charge on any atom is -0.495 e. The molecule has 0 bridgehead atoms. The predicted molar refractivity (Wildman–Crippen MR) is 108 cm³/mol. The summed E-state index contributed by atoms with van der Waals surface area (Å²) >= 11 is 6.14. The van der Waals surface area contributed by atoms with Gasteiger partial charge in [-0.25, -0.2) is 4.98 Å². The molecular weight excluding hydrogens is 362 g/mol. The summed E-state index contributed by atoms with van der Waals surface area (Å²) in [6.07, 6.45) is 1.59. The summed E-state index contributed by atoms with van der Waals surface area (Å²) < 4.78 is 5.14. The summed E-state index contributed by atoms with van der Waals surface area (Å²) in [5, 5.41) is 6.56. The Labute approximate surface area is 163 Å². The Hall–Kier alpha value is -3.05. The Kier molecular flexibility index (Phi) is 5.94. The Balaban J connectivity index is 1.67. The standard InChI is InChI=1S/C21H20ClN3O2/c1-14-4-3-5-15(10-14)13-24-21(26)16-8-9-23-20(11-16)25-17-6-7-19(27-2)18(22)12-17/h3-12H,13H2,1-2H3,(H,23,25)(H,24,26). The molecule has 0 saturated carbocycles. The average molecular weight is 382 g/mol. The van der Waals surface area contributed by atoms with E-state index >= 15 is 0 Å². The molecule has 0 saturated heterocycles. The van der Waals surface area contributed by atoms with Crippen LogP contribution < -0.4 is 15.4 Å². The van der Waals surface area contributed by atoms with Crippen LogP contribution in [0.5, 0.6) is 5.75 Å². The van der Waals surface area contributed by atoms with Gasteiger partial charge in [0.25, 0.3) is 5.91 Å². The highest BCUT2D eigenvalue weighted by molar-refractivity contribution is 6.32. The zero-order valence-electron chi connectivity index (χ0n) is 15.1. The van der Waals surface area contributed by atoms with Crippen LogP contribution in [0.2, 0.25) is 5.02 Å². The fourth-order valence-electron chi connectivity index (χ4n) is 2.64. The number of aryl methyl sites for hydroxylation is 1. The van der Waals surface area contributed by atoms with Gasteiger partial charge in [-0.2, -0.15) is 0 Å². The highest BCUT2D eigenvalue weighted by atomic mass is 35.5. The Morgan fingerprint density at radius 3 is 2.74 bits per heavy atom. The van der Waals surface area contributed by atoms with Gasteiger partial charge in [-0.3, -0.25) is 4.79 Å². The summed E-state index contributed by atoms with van der Waals surface area (Å²) in [6.45, 7) is 2.50. The van der Waals surface area contributed by atoms with Crippen LogP contribution in [-0.4, -0.2) is 18.0 Å². The first kappa shape index (κ1) is 18.7. The molecule has 0 atom stereocenters. The van der Waals surface area contributed by atoms with E-state index in [0.717, 1.165) is 16.8 Å². The number of pyridine rings is 1. The van der Waals surface area contributed by atoms with Crippen molar-refractivity contribution in [2.75, 3.05) is 12.4 Å². The quantitative estimate of drug-likeness (QED) is 0.648. The molecule has 1 heterocycles. The number of hydrogen-bond acceptors (Lipinski definition) is 4. The van der Waals surface area contributed by atoms with E-state index in [4.69, 9.17) is 16.3 Å². The number of nitrogens with zero attached hydrogens (tertiary/aromatic N) is 1. The van der Waals surface area contributed by atoms with Crippen LogP contribution in [0.3, 0.4) is 0 Å². The second kappa shape index (κ2) is 8.56. The van der Waals surface area contributed by atoms with Gasteiger partial charge >= 0.3 is 0 Å². The molecule has 6 heteroatoms. The normalized spacial score (nSPS) is 10.3. The zero-order valence-corrected chi connectivity index (χ0v) is 15.9. The van der Waals surface area contributed by atoms with Crippen LogP contribution in [0, 0.1) is 6.92 Å². The van der Waals surface area contributed by atoms with E-state index in [-0.39, 0.29) is 5.91 Å². The molecule has 1 aromatic heterocycles. The summed E-state index contributed by atoms with van der Waals surface area (Å²) in [4.78, 5) is 16.7. The number of halogens is 1. The van der Waals surface area contributed by atoms with Crippen molar-refractivity contribution in [2.24, 2.45) is 0 Å². The van der Waals surface area contributed by atoms with Crippen molar-refractivity contribution in [2.45, 2.75) is 13.5 Å². The minimum absolute atomic E-state index is 0.158. The fourth-order valence-corrected chi connectivity index (χ4v) is 2.90. The van der Waals surface area contributed by atoms with Crippen molar-refractivity contribution in [3.05, 3.63) is 82.5 Å². The molecule has 1 amide bonds. The van der Waals surface area contributed by atoms with E-state index in [1.54, 1.807) is 37.6 Å². The molecule has 138 valence electrons. The maximum atomic E-state index is 12.4. The van der Waals surface area contributed by atoms with Gasteiger partial charge in [-0.1, -0.05) is 41.4 Å². The van der Waals surface area contributed by atoms with Crippen LogP contribution in [-0.2, 0) is 6.54 Å². The number of carbonyl (C=O) groups is 1. The van der Waals surface area contributed by atoms with Crippen molar-refractivity contribution < 1.29 is 9.53 Å². The molecule has 3 aromatic rings. The molecule has 0 radical (unpaired) electrons. The summed E-state index contributed by atoms with van der Waals surface area (Å²) in [5.74, 6) is 0.994. The molecule has 2 aromatic carbocycles. The Morgan fingerprint density at radius 1 is 1.15 bits per heavy atom. The third kappa shape index (κ3) is 4.99. The maximum Gasteiger partial charge on any atom is 0.251 e. The van der Waals surface area contributed by atoms with Gasteiger partial charge < -0.3 is 15.4 Å². The van der Waals surface area contributed by atoms with E-state index in [2.05, 4.69) is 15.6 Å². The van der Waals surface area contributed by atoms with Crippen LogP contribution in [0.15, 0.2) is 60.8 Å². The molecule has 0 aliphatic heterocycles. The second-order valence-electron chi connectivity index (χ2n) is 6.08. The summed E-state index contributed by atoms with van der Waals surface area (Å²) in [7, 11) is 1.56. The lowest BCUT2D eigenvalue weighted by molar-refractivity contribution is 0.0951. The van der Waals surface area contributed by atoms with E-state index < -0.39 is 0 Å². The van der Waals surface area contributed by atoms with Crippen LogP contribution in [0.4, 0.5) is 11.5 Å². The SMILES string of the molecule is COc1ccc(Nc2cc(C(=O)NCc3cccc(C)c3)ccn2)cc1Cl. The first-order chi connectivity index (χ1) is 13.0. The van der Waals surface area contributed by atoms with Crippen molar-refractivity contribution in [1.29, 1.82) is 0 Å². The van der Waals surface area contributed by atoms with E-state index in [0.29, 0.717) is 28.7 Å². The number of hydrogen-bond donors (Lipinski definition) is 2. The van der Waals surface area contributed by atoms with Crippen LogP contribution in [0.1, 0.15) is 21.5 Å². The first-order valence-electron chi connectivity index (χ1n) is 8.45. The Bertz CT molecular complexity index is 960. The molecule has 3 rings (SSSR count). The molecule has 2 N–H and O–H groups in total. The smallest absolute Gasteiger partial charge is 0.251 e. The molecule has 0 fully saturated rings. The number of rotatable bonds is 6. The van der Waals surface area contributed by atoms with Crippen molar-refractivity contribution in [3.8, 4) is 5.75 Å². The van der Waals surface area contributed by atoms with Gasteiger partial charge in [0.1, 0.15) is 11.6 Å². The Morgan fingerprint density at radius 2 is 2.00 bits per heavy atom. The van der Waals surface area contributed by atoms with Gasteiger partial charge in [0.2, 0.25) is 0 Å². The topological polar surface area (TPSA) is 63.2 Å². The number of benzene rings is 2. The third-order valence-corrected chi connectivity index (χ3v) is 4.28. The van der Waals surface area contributed by atoms with Crippen molar-refractivity contribution in [3.63, 3.8) is 0 Å². The number of ether oxygens (including phenoxy) is 1. The van der Waals surface area contributed by atoms with Crippen LogP contribution in [0.25, 0.3) is 0 Å². The molecule has 0 aliphatic carbocycles. The van der Waals surface area contributed by atoms with E-state index in [1.807, 2.05) is 37.3 Å². The molecule has 5 nitrogen and oxygen atoms in total. The van der Waals surface area contributed by atoms with Gasteiger partial charge in [0, 0.05) is 24.0 Å². The lowest BCUT2D eigenvalue weighted by Crippen LogP contribution is -2.22. The van der Waals surface area contributed by atoms with Crippen LogP contribution >= 0.6 is 11.6 Å². The number of anilines is 2. The zero-order chi connectivity index (χ0) is 19.2. The monoisotopic (exact) mass is 381 g/mol.